The molecule has 2 aromatic heterocycles. The Labute approximate surface area is 103 Å². The second-order valence-electron chi connectivity index (χ2n) is 4.07. The zero-order valence-corrected chi connectivity index (χ0v) is 10.1. The zero-order valence-electron chi connectivity index (χ0n) is 10.1. The molecule has 0 unspecified atom stereocenters. The number of carboxylic acids is 1. The lowest BCUT2D eigenvalue weighted by Gasteiger charge is -2.06. The molecule has 2 heterocycles. The summed E-state index contributed by atoms with van der Waals surface area (Å²) in [5.74, 6) is -1.05. The number of hydrogen-bond donors (Lipinski definition) is 1. The summed E-state index contributed by atoms with van der Waals surface area (Å²) in [7, 11) is 1.81. The third-order valence-corrected chi connectivity index (χ3v) is 2.91. The van der Waals surface area contributed by atoms with Gasteiger partial charge < -0.3 is 9.67 Å². The molecule has 0 fully saturated rings. The van der Waals surface area contributed by atoms with Crippen LogP contribution < -0.4 is 5.56 Å². The van der Waals surface area contributed by atoms with E-state index in [0.717, 1.165) is 11.3 Å². The van der Waals surface area contributed by atoms with E-state index in [1.54, 1.807) is 10.9 Å². The maximum Gasteiger partial charge on any atom is 0.337 e. The molecule has 0 bridgehead atoms. The summed E-state index contributed by atoms with van der Waals surface area (Å²) in [4.78, 5) is 22.5. The molecule has 0 aromatic carbocycles. The van der Waals surface area contributed by atoms with Gasteiger partial charge in [0.2, 0.25) is 0 Å². The third kappa shape index (κ3) is 2.17. The van der Waals surface area contributed by atoms with Gasteiger partial charge in [0, 0.05) is 30.6 Å². The van der Waals surface area contributed by atoms with Gasteiger partial charge in [0.15, 0.2) is 0 Å². The van der Waals surface area contributed by atoms with Crippen LogP contribution in [0.25, 0.3) is 0 Å². The summed E-state index contributed by atoms with van der Waals surface area (Å²) >= 11 is 0. The largest absolute Gasteiger partial charge is 0.478 e. The minimum Gasteiger partial charge on any atom is -0.478 e. The van der Waals surface area contributed by atoms with Crippen molar-refractivity contribution in [3.05, 3.63) is 51.7 Å². The third-order valence-electron chi connectivity index (χ3n) is 2.91. The van der Waals surface area contributed by atoms with Crippen molar-refractivity contribution in [1.82, 2.24) is 14.3 Å². The molecule has 2 rings (SSSR count). The fourth-order valence-corrected chi connectivity index (χ4v) is 1.66. The van der Waals surface area contributed by atoms with Crippen LogP contribution in [0.15, 0.2) is 29.3 Å². The van der Waals surface area contributed by atoms with E-state index in [-0.39, 0.29) is 11.1 Å². The number of nitrogens with zero attached hydrogens (tertiary/aromatic N) is 3. The van der Waals surface area contributed by atoms with Crippen LogP contribution in [0.1, 0.15) is 21.6 Å². The van der Waals surface area contributed by atoms with Gasteiger partial charge in [-0.05, 0) is 13.0 Å². The molecule has 0 amide bonds. The van der Waals surface area contributed by atoms with Gasteiger partial charge in [-0.2, -0.15) is 5.10 Å². The molecule has 0 atom stereocenters. The average Bonchev–Trinajstić information content (AvgIpc) is 2.63. The normalized spacial score (nSPS) is 10.6. The molecule has 18 heavy (non-hydrogen) atoms. The molecule has 94 valence electrons. The Morgan fingerprint density at radius 1 is 1.44 bits per heavy atom. The standard InChI is InChI=1S/C12H13N3O3/c1-8-10(5-13-14(8)2)7-15-6-9(12(17)18)3-4-11(15)16/h3-6H,7H2,1-2H3,(H,17,18). The predicted octanol–water partition coefficient (Wildman–Crippen LogP) is 0.637. The number of carboxylic acid groups (broad SMARTS) is 1. The number of aryl methyl sites for hydroxylation is 1. The van der Waals surface area contributed by atoms with Gasteiger partial charge in [-0.25, -0.2) is 4.79 Å². The Hall–Kier alpha value is -2.37. The molecule has 2 aromatic rings. The molecule has 0 aliphatic heterocycles. The predicted molar refractivity (Wildman–Crippen MR) is 64.7 cm³/mol. The zero-order chi connectivity index (χ0) is 13.3. The molecule has 0 aliphatic carbocycles. The van der Waals surface area contributed by atoms with Gasteiger partial charge in [0.25, 0.3) is 5.56 Å². The lowest BCUT2D eigenvalue weighted by molar-refractivity contribution is 0.0696. The molecular weight excluding hydrogens is 234 g/mol. The van der Waals surface area contributed by atoms with Crippen LogP contribution in [-0.2, 0) is 13.6 Å². The van der Waals surface area contributed by atoms with E-state index in [9.17, 15) is 9.59 Å². The van der Waals surface area contributed by atoms with Crippen molar-refractivity contribution in [2.45, 2.75) is 13.5 Å². The highest BCUT2D eigenvalue weighted by Gasteiger charge is 2.08. The van der Waals surface area contributed by atoms with Crippen molar-refractivity contribution >= 4 is 5.97 Å². The van der Waals surface area contributed by atoms with Crippen molar-refractivity contribution < 1.29 is 9.90 Å². The van der Waals surface area contributed by atoms with Crippen molar-refractivity contribution in [3.8, 4) is 0 Å². The highest BCUT2D eigenvalue weighted by atomic mass is 16.4. The molecular formula is C12H13N3O3. The first kappa shape index (κ1) is 12.1. The molecule has 0 saturated carbocycles. The highest BCUT2D eigenvalue weighted by Crippen LogP contribution is 2.07. The fraction of sp³-hybridized carbons (Fsp3) is 0.250. The van der Waals surface area contributed by atoms with Gasteiger partial charge in [0.1, 0.15) is 0 Å². The van der Waals surface area contributed by atoms with Crippen molar-refractivity contribution in [2.75, 3.05) is 0 Å². The topological polar surface area (TPSA) is 77.1 Å². The van der Waals surface area contributed by atoms with Crippen molar-refractivity contribution in [1.29, 1.82) is 0 Å². The first-order valence-electron chi connectivity index (χ1n) is 5.40. The van der Waals surface area contributed by atoms with Crippen LogP contribution in [0, 0.1) is 6.92 Å². The number of hydrogen-bond acceptors (Lipinski definition) is 3. The van der Waals surface area contributed by atoms with Crippen LogP contribution in [-0.4, -0.2) is 25.4 Å². The first-order valence-corrected chi connectivity index (χ1v) is 5.40. The van der Waals surface area contributed by atoms with E-state index in [0.29, 0.717) is 6.54 Å². The Morgan fingerprint density at radius 2 is 2.17 bits per heavy atom. The van der Waals surface area contributed by atoms with Gasteiger partial charge in [-0.15, -0.1) is 0 Å². The minimum atomic E-state index is -1.05. The van der Waals surface area contributed by atoms with Crippen LogP contribution in [0.5, 0.6) is 0 Å². The summed E-state index contributed by atoms with van der Waals surface area (Å²) in [6.45, 7) is 2.22. The second-order valence-corrected chi connectivity index (χ2v) is 4.07. The van der Waals surface area contributed by atoms with Crippen LogP contribution in [0.2, 0.25) is 0 Å². The molecule has 6 nitrogen and oxygen atoms in total. The molecule has 0 saturated heterocycles. The maximum atomic E-state index is 11.7. The number of carbonyl (C=O) groups is 1. The Morgan fingerprint density at radius 3 is 2.72 bits per heavy atom. The van der Waals surface area contributed by atoms with E-state index < -0.39 is 5.97 Å². The van der Waals surface area contributed by atoms with E-state index >= 15 is 0 Å². The van der Waals surface area contributed by atoms with E-state index in [4.69, 9.17) is 5.11 Å². The van der Waals surface area contributed by atoms with E-state index in [2.05, 4.69) is 5.10 Å². The number of rotatable bonds is 3. The van der Waals surface area contributed by atoms with Gasteiger partial charge in [-0.3, -0.25) is 9.48 Å². The summed E-state index contributed by atoms with van der Waals surface area (Å²) in [6.07, 6.45) is 3.02. The average molecular weight is 247 g/mol. The smallest absolute Gasteiger partial charge is 0.337 e. The molecule has 0 aliphatic rings. The number of aromatic nitrogens is 3. The van der Waals surface area contributed by atoms with Crippen molar-refractivity contribution in [2.24, 2.45) is 7.05 Å². The molecule has 1 N–H and O–H groups in total. The van der Waals surface area contributed by atoms with Crippen LogP contribution in [0.4, 0.5) is 0 Å². The molecule has 0 spiro atoms. The quantitative estimate of drug-likeness (QED) is 0.863. The highest BCUT2D eigenvalue weighted by molar-refractivity contribution is 5.87. The van der Waals surface area contributed by atoms with Gasteiger partial charge in [0.05, 0.1) is 18.3 Å². The summed E-state index contributed by atoms with van der Waals surface area (Å²) in [6, 6.07) is 2.56. The summed E-state index contributed by atoms with van der Waals surface area (Å²) < 4.78 is 3.08. The Bertz CT molecular complexity index is 655. The summed E-state index contributed by atoms with van der Waals surface area (Å²) in [5.41, 5.74) is 1.70. The van der Waals surface area contributed by atoms with Gasteiger partial charge >= 0.3 is 5.97 Å². The second kappa shape index (κ2) is 4.48. The lowest BCUT2D eigenvalue weighted by atomic mass is 10.2. The molecule has 6 heteroatoms. The lowest BCUT2D eigenvalue weighted by Crippen LogP contribution is -2.21. The van der Waals surface area contributed by atoms with Gasteiger partial charge in [-0.1, -0.05) is 0 Å². The fourth-order valence-electron chi connectivity index (χ4n) is 1.66. The summed E-state index contributed by atoms with van der Waals surface area (Å²) in [5, 5.41) is 13.0. The monoisotopic (exact) mass is 247 g/mol. The van der Waals surface area contributed by atoms with Crippen LogP contribution >= 0.6 is 0 Å². The Balaban J connectivity index is 2.40. The minimum absolute atomic E-state index is 0.0937. The Kier molecular flexibility index (Phi) is 3.01. The van der Waals surface area contributed by atoms with E-state index in [1.807, 2.05) is 14.0 Å². The number of pyridine rings is 1. The first-order chi connectivity index (χ1) is 8.49. The van der Waals surface area contributed by atoms with E-state index in [1.165, 1.54) is 22.9 Å². The maximum absolute atomic E-state index is 11.7. The number of aromatic carboxylic acids is 1. The van der Waals surface area contributed by atoms with Crippen LogP contribution in [0.3, 0.4) is 0 Å². The SMILES string of the molecule is Cc1c(Cn2cc(C(=O)O)ccc2=O)cnn1C. The van der Waals surface area contributed by atoms with Crippen molar-refractivity contribution in [3.63, 3.8) is 0 Å². The molecule has 0 radical (unpaired) electrons.